The van der Waals surface area contributed by atoms with E-state index in [0.717, 1.165) is 0 Å². The van der Waals surface area contributed by atoms with Crippen LogP contribution in [0.5, 0.6) is 0 Å². The molecule has 0 saturated carbocycles. The van der Waals surface area contributed by atoms with Crippen LogP contribution in [-0.4, -0.2) is 16.8 Å². The van der Waals surface area contributed by atoms with E-state index in [0.29, 0.717) is 12.1 Å². The molecule has 1 aromatic carbocycles. The van der Waals surface area contributed by atoms with Crippen LogP contribution in [-0.2, 0) is 0 Å². The summed E-state index contributed by atoms with van der Waals surface area (Å²) in [4.78, 5) is 11.7. The summed E-state index contributed by atoms with van der Waals surface area (Å²) >= 11 is 5.84. The van der Waals surface area contributed by atoms with E-state index in [2.05, 4.69) is 5.32 Å². The summed E-state index contributed by atoms with van der Waals surface area (Å²) in [6, 6.07) is 0.907. The quantitative estimate of drug-likeness (QED) is 0.846. The maximum atomic E-state index is 13.4. The molecule has 1 unspecified atom stereocenters. The van der Waals surface area contributed by atoms with E-state index < -0.39 is 39.8 Å². The molecule has 1 rings (SSSR count). The molecule has 0 fully saturated rings. The number of amides is 1. The molecule has 2 nitrogen and oxygen atoms in total. The van der Waals surface area contributed by atoms with Crippen molar-refractivity contribution in [2.75, 3.05) is 0 Å². The van der Waals surface area contributed by atoms with Gasteiger partial charge in [-0.3, -0.25) is 4.79 Å². The fourth-order valence-corrected chi connectivity index (χ4v) is 1.27. The van der Waals surface area contributed by atoms with Gasteiger partial charge in [0.15, 0.2) is 0 Å². The van der Waals surface area contributed by atoms with Crippen molar-refractivity contribution in [3.8, 4) is 0 Å². The molecule has 1 aromatic rings. The van der Waals surface area contributed by atoms with Gasteiger partial charge < -0.3 is 5.32 Å². The van der Waals surface area contributed by atoms with Crippen LogP contribution in [0.1, 0.15) is 31.1 Å². The molecule has 1 amide bonds. The highest BCUT2D eigenvalue weighted by atomic mass is 35.5. The van der Waals surface area contributed by atoms with Crippen molar-refractivity contribution < 1.29 is 18.0 Å². The monoisotopic (exact) mass is 279 g/mol. The van der Waals surface area contributed by atoms with Crippen LogP contribution in [0.25, 0.3) is 0 Å². The van der Waals surface area contributed by atoms with E-state index in [1.54, 1.807) is 20.8 Å². The zero-order chi connectivity index (χ0) is 14.1. The SMILES string of the molecule is CC(Cl)C(C)(C)NC(=O)c1c(F)cc(F)cc1F. The van der Waals surface area contributed by atoms with Crippen molar-refractivity contribution in [2.24, 2.45) is 0 Å². The minimum Gasteiger partial charge on any atom is -0.346 e. The van der Waals surface area contributed by atoms with Crippen molar-refractivity contribution in [1.29, 1.82) is 0 Å². The van der Waals surface area contributed by atoms with Gasteiger partial charge in [0.25, 0.3) is 5.91 Å². The standard InChI is InChI=1S/C12H13ClF3NO/c1-6(13)12(2,3)17-11(18)10-8(15)4-7(14)5-9(10)16/h4-6H,1-3H3,(H,17,18). The van der Waals surface area contributed by atoms with E-state index >= 15 is 0 Å². The van der Waals surface area contributed by atoms with Crippen LogP contribution < -0.4 is 5.32 Å². The summed E-state index contributed by atoms with van der Waals surface area (Å²) < 4.78 is 39.4. The predicted octanol–water partition coefficient (Wildman–Crippen LogP) is 3.24. The fraction of sp³-hybridized carbons (Fsp3) is 0.417. The number of rotatable bonds is 3. The van der Waals surface area contributed by atoms with Gasteiger partial charge in [0.2, 0.25) is 0 Å². The second-order valence-electron chi connectivity index (χ2n) is 4.54. The van der Waals surface area contributed by atoms with Crippen LogP contribution in [0.15, 0.2) is 12.1 Å². The van der Waals surface area contributed by atoms with Crippen LogP contribution in [0.2, 0.25) is 0 Å². The third-order valence-electron chi connectivity index (χ3n) is 2.66. The lowest BCUT2D eigenvalue weighted by molar-refractivity contribution is 0.0903. The van der Waals surface area contributed by atoms with Crippen LogP contribution in [0.4, 0.5) is 13.2 Å². The van der Waals surface area contributed by atoms with Gasteiger partial charge in [0, 0.05) is 12.1 Å². The van der Waals surface area contributed by atoms with E-state index in [4.69, 9.17) is 11.6 Å². The number of benzene rings is 1. The fourth-order valence-electron chi connectivity index (χ4n) is 1.21. The number of carbonyl (C=O) groups excluding carboxylic acids is 1. The molecule has 0 aliphatic carbocycles. The topological polar surface area (TPSA) is 29.1 Å². The first kappa shape index (κ1) is 14.8. The maximum Gasteiger partial charge on any atom is 0.257 e. The minimum atomic E-state index is -1.25. The van der Waals surface area contributed by atoms with Gasteiger partial charge in [-0.05, 0) is 20.8 Å². The van der Waals surface area contributed by atoms with Crippen molar-refractivity contribution >= 4 is 17.5 Å². The van der Waals surface area contributed by atoms with Crippen LogP contribution in [0, 0.1) is 17.5 Å². The molecule has 1 atom stereocenters. The summed E-state index contributed by atoms with van der Waals surface area (Å²) in [5, 5.41) is 1.95. The normalized spacial score (nSPS) is 13.3. The van der Waals surface area contributed by atoms with Crippen LogP contribution >= 0.6 is 11.6 Å². The lowest BCUT2D eigenvalue weighted by atomic mass is 10.0. The first-order chi connectivity index (χ1) is 8.15. The number of hydrogen-bond donors (Lipinski definition) is 1. The highest BCUT2D eigenvalue weighted by Crippen LogP contribution is 2.19. The minimum absolute atomic E-state index is 0.451. The molecule has 1 N–H and O–H groups in total. The highest BCUT2D eigenvalue weighted by molar-refractivity contribution is 6.21. The van der Waals surface area contributed by atoms with E-state index in [-0.39, 0.29) is 0 Å². The summed E-state index contributed by atoms with van der Waals surface area (Å²) in [6.07, 6.45) is 0. The molecule has 18 heavy (non-hydrogen) atoms. The zero-order valence-corrected chi connectivity index (χ0v) is 10.9. The average molecular weight is 280 g/mol. The van der Waals surface area contributed by atoms with Gasteiger partial charge in [0.1, 0.15) is 23.0 Å². The molecule has 0 aliphatic rings. The summed E-state index contributed by atoms with van der Waals surface area (Å²) in [5.41, 5.74) is -1.67. The largest absolute Gasteiger partial charge is 0.346 e. The Hall–Kier alpha value is -1.23. The summed E-state index contributed by atoms with van der Waals surface area (Å²) in [7, 11) is 0. The third-order valence-corrected chi connectivity index (χ3v) is 3.21. The molecule has 0 saturated heterocycles. The Kier molecular flexibility index (Phi) is 4.27. The summed E-state index contributed by atoms with van der Waals surface area (Å²) in [5.74, 6) is -4.54. The van der Waals surface area contributed by atoms with Gasteiger partial charge in [-0.15, -0.1) is 11.6 Å². The van der Waals surface area contributed by atoms with Gasteiger partial charge in [-0.1, -0.05) is 0 Å². The van der Waals surface area contributed by atoms with Crippen molar-refractivity contribution in [3.63, 3.8) is 0 Å². The molecule has 0 aromatic heterocycles. The van der Waals surface area contributed by atoms with Gasteiger partial charge in [-0.2, -0.15) is 0 Å². The maximum absolute atomic E-state index is 13.4. The Morgan fingerprint density at radius 1 is 1.28 bits per heavy atom. The molecule has 0 radical (unpaired) electrons. The molecule has 0 heterocycles. The molecule has 0 spiro atoms. The number of alkyl halides is 1. The predicted molar refractivity (Wildman–Crippen MR) is 63.2 cm³/mol. The van der Waals surface area contributed by atoms with Crippen LogP contribution in [0.3, 0.4) is 0 Å². The first-order valence-electron chi connectivity index (χ1n) is 5.26. The molecular weight excluding hydrogens is 267 g/mol. The zero-order valence-electron chi connectivity index (χ0n) is 10.2. The third kappa shape index (κ3) is 3.16. The molecule has 0 bridgehead atoms. The van der Waals surface area contributed by atoms with E-state index in [9.17, 15) is 18.0 Å². The Morgan fingerprint density at radius 3 is 2.11 bits per heavy atom. The molecule has 0 aliphatic heterocycles. The molecule has 6 heteroatoms. The number of carbonyl (C=O) groups is 1. The van der Waals surface area contributed by atoms with Crippen molar-refractivity contribution in [1.82, 2.24) is 5.32 Å². The Labute approximate surface area is 108 Å². The number of halogens is 4. The van der Waals surface area contributed by atoms with E-state index in [1.807, 2.05) is 0 Å². The van der Waals surface area contributed by atoms with Crippen molar-refractivity contribution in [3.05, 3.63) is 35.1 Å². The Balaban J connectivity index is 3.06. The highest BCUT2D eigenvalue weighted by Gasteiger charge is 2.29. The second kappa shape index (κ2) is 5.18. The van der Waals surface area contributed by atoms with E-state index in [1.165, 1.54) is 0 Å². The molecular formula is C12H13ClF3NO. The molecule has 100 valence electrons. The lowest BCUT2D eigenvalue weighted by Gasteiger charge is -2.29. The smallest absolute Gasteiger partial charge is 0.257 e. The number of nitrogens with one attached hydrogen (secondary N) is 1. The van der Waals surface area contributed by atoms with Gasteiger partial charge >= 0.3 is 0 Å². The second-order valence-corrected chi connectivity index (χ2v) is 5.19. The summed E-state index contributed by atoms with van der Waals surface area (Å²) in [6.45, 7) is 4.86. The average Bonchev–Trinajstić information content (AvgIpc) is 2.13. The lowest BCUT2D eigenvalue weighted by Crippen LogP contribution is -2.49. The van der Waals surface area contributed by atoms with Crippen molar-refractivity contribution in [2.45, 2.75) is 31.7 Å². The van der Waals surface area contributed by atoms with Gasteiger partial charge in [-0.25, -0.2) is 13.2 Å². The first-order valence-corrected chi connectivity index (χ1v) is 5.70. The van der Waals surface area contributed by atoms with Gasteiger partial charge in [0.05, 0.1) is 10.9 Å². The number of hydrogen-bond acceptors (Lipinski definition) is 1. The Morgan fingerprint density at radius 2 is 1.72 bits per heavy atom. The Bertz CT molecular complexity index is 451.